The molecule has 6 heteroatoms. The van der Waals surface area contributed by atoms with Gasteiger partial charge >= 0.3 is 0 Å². The fraction of sp³-hybridized carbons (Fsp3) is 0.455. The fourth-order valence-electron chi connectivity index (χ4n) is 1.91. The Hall–Kier alpha value is -0.980. The molecule has 1 aliphatic rings. The molecule has 0 aliphatic carbocycles. The van der Waals surface area contributed by atoms with Crippen LogP contribution < -0.4 is 5.32 Å². The first-order valence-electron chi connectivity index (χ1n) is 5.33. The van der Waals surface area contributed by atoms with Gasteiger partial charge in [-0.05, 0) is 6.07 Å². The zero-order chi connectivity index (χ0) is 12.5. The minimum absolute atomic E-state index is 0.0946. The normalized spacial score (nSPS) is 27.2. The van der Waals surface area contributed by atoms with Gasteiger partial charge in [0.05, 0.1) is 17.6 Å². The minimum Gasteiger partial charge on any atom is -0.390 e. The van der Waals surface area contributed by atoms with Crippen LogP contribution in [0.3, 0.4) is 0 Å². The number of hydrogen-bond acceptors (Lipinski definition) is 4. The van der Waals surface area contributed by atoms with Crippen molar-refractivity contribution in [2.75, 3.05) is 11.5 Å². The molecule has 1 aromatic rings. The first kappa shape index (κ1) is 12.5. The molecular formula is C11H14FNO3S. The lowest BCUT2D eigenvalue weighted by molar-refractivity contribution is 0.165. The molecule has 0 bridgehead atoms. The largest absolute Gasteiger partial charge is 0.390 e. The molecule has 2 N–H and O–H groups in total. The molecule has 0 amide bonds. The Bertz CT molecular complexity index is 503. The standard InChI is InChI=1S/C11H14FNO3S/c12-9-4-2-1-3-8(9)5-13-10-6-17(15,16)7-11(10)14/h1-4,10-11,13-14H,5-7H2/t10-,11+/m0/s1. The second kappa shape index (κ2) is 4.72. The lowest BCUT2D eigenvalue weighted by Crippen LogP contribution is -2.38. The number of nitrogens with one attached hydrogen (secondary N) is 1. The second-order valence-electron chi connectivity index (χ2n) is 4.22. The third-order valence-electron chi connectivity index (χ3n) is 2.84. The van der Waals surface area contributed by atoms with Gasteiger partial charge in [-0.15, -0.1) is 0 Å². The number of aliphatic hydroxyl groups is 1. The van der Waals surface area contributed by atoms with Crippen molar-refractivity contribution in [1.29, 1.82) is 0 Å². The second-order valence-corrected chi connectivity index (χ2v) is 6.38. The van der Waals surface area contributed by atoms with Crippen molar-refractivity contribution < 1.29 is 17.9 Å². The highest BCUT2D eigenvalue weighted by atomic mass is 32.2. The van der Waals surface area contributed by atoms with Gasteiger partial charge in [-0.2, -0.15) is 0 Å². The van der Waals surface area contributed by atoms with Crippen molar-refractivity contribution in [3.05, 3.63) is 35.6 Å². The molecule has 1 aromatic carbocycles. The van der Waals surface area contributed by atoms with E-state index < -0.39 is 22.0 Å². The Morgan fingerprint density at radius 2 is 2.06 bits per heavy atom. The third kappa shape index (κ3) is 3.02. The number of sulfone groups is 1. The molecule has 0 radical (unpaired) electrons. The maximum atomic E-state index is 13.3. The topological polar surface area (TPSA) is 66.4 Å². The average Bonchev–Trinajstić information content (AvgIpc) is 2.51. The highest BCUT2D eigenvalue weighted by Gasteiger charge is 2.35. The van der Waals surface area contributed by atoms with Crippen LogP contribution in [0.25, 0.3) is 0 Å². The van der Waals surface area contributed by atoms with E-state index in [2.05, 4.69) is 5.32 Å². The third-order valence-corrected chi connectivity index (χ3v) is 4.55. The summed E-state index contributed by atoms with van der Waals surface area (Å²) in [6.45, 7) is 0.212. The van der Waals surface area contributed by atoms with Crippen molar-refractivity contribution in [1.82, 2.24) is 5.32 Å². The zero-order valence-electron chi connectivity index (χ0n) is 9.14. The molecule has 94 valence electrons. The number of rotatable bonds is 3. The molecule has 0 aromatic heterocycles. The molecule has 17 heavy (non-hydrogen) atoms. The van der Waals surface area contributed by atoms with Crippen molar-refractivity contribution in [3.8, 4) is 0 Å². The smallest absolute Gasteiger partial charge is 0.154 e. The molecule has 2 atom stereocenters. The van der Waals surface area contributed by atoms with Crippen molar-refractivity contribution >= 4 is 9.84 Å². The Labute approximate surface area is 99.4 Å². The zero-order valence-corrected chi connectivity index (χ0v) is 9.95. The molecule has 0 spiro atoms. The van der Waals surface area contributed by atoms with Gasteiger partial charge in [0, 0.05) is 18.2 Å². The molecular weight excluding hydrogens is 245 g/mol. The molecule has 2 rings (SSSR count). The predicted octanol–water partition coefficient (Wildman–Crippen LogP) is 0.0732. The summed E-state index contributed by atoms with van der Waals surface area (Å²) in [6, 6.07) is 5.76. The van der Waals surface area contributed by atoms with Gasteiger partial charge in [0.1, 0.15) is 5.82 Å². The lowest BCUT2D eigenvalue weighted by Gasteiger charge is -2.14. The fourth-order valence-corrected chi connectivity index (χ4v) is 3.68. The molecule has 4 nitrogen and oxygen atoms in total. The maximum Gasteiger partial charge on any atom is 0.154 e. The van der Waals surface area contributed by atoms with Crippen LogP contribution in [0.2, 0.25) is 0 Å². The molecule has 0 saturated carbocycles. The summed E-state index contributed by atoms with van der Waals surface area (Å²) in [4.78, 5) is 0. The van der Waals surface area contributed by atoms with E-state index in [1.807, 2.05) is 0 Å². The van der Waals surface area contributed by atoms with Gasteiger partial charge in [0.15, 0.2) is 9.84 Å². The molecule has 0 unspecified atom stereocenters. The van der Waals surface area contributed by atoms with Crippen LogP contribution >= 0.6 is 0 Å². The summed E-state index contributed by atoms with van der Waals surface area (Å²) in [7, 11) is -3.17. The summed E-state index contributed by atoms with van der Waals surface area (Å²) in [5, 5.41) is 12.4. The van der Waals surface area contributed by atoms with Gasteiger partial charge in [0.25, 0.3) is 0 Å². The van der Waals surface area contributed by atoms with E-state index in [4.69, 9.17) is 0 Å². The SMILES string of the molecule is O=S1(=O)C[C@@H](O)[C@@H](NCc2ccccc2F)C1. The van der Waals surface area contributed by atoms with Gasteiger partial charge in [-0.1, -0.05) is 18.2 Å². The van der Waals surface area contributed by atoms with E-state index in [1.54, 1.807) is 18.2 Å². The number of hydrogen-bond donors (Lipinski definition) is 2. The Kier molecular flexibility index (Phi) is 3.46. The van der Waals surface area contributed by atoms with Crippen molar-refractivity contribution in [2.45, 2.75) is 18.7 Å². The van der Waals surface area contributed by atoms with Gasteiger partial charge in [-0.3, -0.25) is 0 Å². The molecule has 1 fully saturated rings. The number of aliphatic hydroxyl groups excluding tert-OH is 1. The monoisotopic (exact) mass is 259 g/mol. The van der Waals surface area contributed by atoms with Crippen LogP contribution in [0.1, 0.15) is 5.56 Å². The van der Waals surface area contributed by atoms with Crippen LogP contribution in [0.4, 0.5) is 4.39 Å². The van der Waals surface area contributed by atoms with Crippen molar-refractivity contribution in [3.63, 3.8) is 0 Å². The Balaban J connectivity index is 1.98. The van der Waals surface area contributed by atoms with E-state index in [0.717, 1.165) is 0 Å². The van der Waals surface area contributed by atoms with Crippen LogP contribution in [-0.4, -0.2) is 37.2 Å². The van der Waals surface area contributed by atoms with Crippen molar-refractivity contribution in [2.24, 2.45) is 0 Å². The van der Waals surface area contributed by atoms with Gasteiger partial charge < -0.3 is 10.4 Å². The summed E-state index contributed by atoms with van der Waals surface area (Å²) in [6.07, 6.45) is -0.910. The molecule has 1 saturated heterocycles. The average molecular weight is 259 g/mol. The Morgan fingerprint density at radius 3 is 2.65 bits per heavy atom. The first-order chi connectivity index (χ1) is 7.98. The summed E-state index contributed by atoms with van der Waals surface area (Å²) in [5.74, 6) is -0.653. The summed E-state index contributed by atoms with van der Waals surface area (Å²) < 4.78 is 35.8. The summed E-state index contributed by atoms with van der Waals surface area (Å²) >= 11 is 0. The number of benzene rings is 1. The van der Waals surface area contributed by atoms with E-state index in [1.165, 1.54) is 6.07 Å². The predicted molar refractivity (Wildman–Crippen MR) is 61.7 cm³/mol. The molecule has 1 heterocycles. The van der Waals surface area contributed by atoms with Gasteiger partial charge in [-0.25, -0.2) is 12.8 Å². The van der Waals surface area contributed by atoms with Crippen LogP contribution in [0, 0.1) is 5.82 Å². The molecule has 1 aliphatic heterocycles. The number of halogens is 1. The maximum absolute atomic E-state index is 13.3. The van der Waals surface area contributed by atoms with Crippen LogP contribution in [0.15, 0.2) is 24.3 Å². The Morgan fingerprint density at radius 1 is 1.35 bits per heavy atom. The first-order valence-corrected chi connectivity index (χ1v) is 7.15. The van der Waals surface area contributed by atoms with Crippen LogP contribution in [-0.2, 0) is 16.4 Å². The van der Waals surface area contributed by atoms with E-state index in [-0.39, 0.29) is 23.9 Å². The minimum atomic E-state index is -3.17. The van der Waals surface area contributed by atoms with E-state index >= 15 is 0 Å². The highest BCUT2D eigenvalue weighted by molar-refractivity contribution is 7.91. The van der Waals surface area contributed by atoms with Crippen LogP contribution in [0.5, 0.6) is 0 Å². The lowest BCUT2D eigenvalue weighted by atomic mass is 10.1. The summed E-state index contributed by atoms with van der Waals surface area (Å²) in [5.41, 5.74) is 0.462. The highest BCUT2D eigenvalue weighted by Crippen LogP contribution is 2.14. The van der Waals surface area contributed by atoms with Gasteiger partial charge in [0.2, 0.25) is 0 Å². The quantitative estimate of drug-likeness (QED) is 0.806. The van der Waals surface area contributed by atoms with E-state index in [9.17, 15) is 17.9 Å². The van der Waals surface area contributed by atoms with E-state index in [0.29, 0.717) is 5.56 Å².